The zero-order chi connectivity index (χ0) is 19.8. The molecule has 2 aromatic rings. The number of carbonyl (C=O) groups excluding carboxylic acids is 2. The summed E-state index contributed by atoms with van der Waals surface area (Å²) in [7, 11) is 1.84. The van der Waals surface area contributed by atoms with Crippen molar-refractivity contribution in [3.8, 4) is 0 Å². The number of hydrogen-bond donors (Lipinski definition) is 1. The zero-order valence-electron chi connectivity index (χ0n) is 16.2. The summed E-state index contributed by atoms with van der Waals surface area (Å²) in [5.41, 5.74) is 2.30. The third kappa shape index (κ3) is 3.53. The molecule has 1 aliphatic carbocycles. The number of benzene rings is 1. The molecule has 1 aromatic heterocycles. The standard InChI is InChI=1S/C21H25FN4O2/c1-13-11-14(3-7-17(13)22)12-23-21(28)16-6-8-19(27)26(15-4-5-15)20(16)18-9-10-24-25(18)2/h3,7,9-11,15-16,20H,4-6,8,12H2,1-2H3,(H,23,28). The minimum absolute atomic E-state index is 0.0775. The normalized spacial score (nSPS) is 22.4. The quantitative estimate of drug-likeness (QED) is 0.862. The molecule has 0 radical (unpaired) electrons. The summed E-state index contributed by atoms with van der Waals surface area (Å²) < 4.78 is 15.2. The highest BCUT2D eigenvalue weighted by atomic mass is 19.1. The van der Waals surface area contributed by atoms with E-state index in [2.05, 4.69) is 10.4 Å². The third-order valence-electron chi connectivity index (χ3n) is 5.77. The molecule has 0 bridgehead atoms. The van der Waals surface area contributed by atoms with Crippen LogP contribution in [0, 0.1) is 18.7 Å². The van der Waals surface area contributed by atoms with Crippen LogP contribution in [-0.4, -0.2) is 32.5 Å². The van der Waals surface area contributed by atoms with E-state index >= 15 is 0 Å². The van der Waals surface area contributed by atoms with Crippen LogP contribution in [0.2, 0.25) is 0 Å². The molecule has 4 rings (SSSR count). The van der Waals surface area contributed by atoms with Crippen molar-refractivity contribution in [1.29, 1.82) is 0 Å². The average molecular weight is 384 g/mol. The Morgan fingerprint density at radius 1 is 1.29 bits per heavy atom. The summed E-state index contributed by atoms with van der Waals surface area (Å²) >= 11 is 0. The van der Waals surface area contributed by atoms with Crippen molar-refractivity contribution in [3.63, 3.8) is 0 Å². The first-order valence-electron chi connectivity index (χ1n) is 9.77. The molecule has 1 aromatic carbocycles. The molecule has 2 heterocycles. The molecule has 28 heavy (non-hydrogen) atoms. The molecule has 2 atom stereocenters. The van der Waals surface area contributed by atoms with Gasteiger partial charge in [0.05, 0.1) is 17.7 Å². The van der Waals surface area contributed by atoms with E-state index in [1.54, 1.807) is 29.9 Å². The van der Waals surface area contributed by atoms with Gasteiger partial charge in [-0.1, -0.05) is 12.1 Å². The molecule has 7 heteroatoms. The minimum Gasteiger partial charge on any atom is -0.352 e. The van der Waals surface area contributed by atoms with Crippen molar-refractivity contribution >= 4 is 11.8 Å². The van der Waals surface area contributed by atoms with Crippen molar-refractivity contribution in [1.82, 2.24) is 20.0 Å². The Kier molecular flexibility index (Phi) is 4.91. The number of rotatable bonds is 5. The maximum Gasteiger partial charge on any atom is 0.225 e. The van der Waals surface area contributed by atoms with Gasteiger partial charge in [-0.2, -0.15) is 5.10 Å². The van der Waals surface area contributed by atoms with Crippen LogP contribution >= 0.6 is 0 Å². The first-order chi connectivity index (χ1) is 13.5. The molecule has 148 valence electrons. The number of halogens is 1. The summed E-state index contributed by atoms with van der Waals surface area (Å²) in [5.74, 6) is -0.536. The Balaban J connectivity index is 1.55. The van der Waals surface area contributed by atoms with Gasteiger partial charge in [0.25, 0.3) is 0 Å². The number of aryl methyl sites for hydroxylation is 2. The maximum atomic E-state index is 13.5. The van der Waals surface area contributed by atoms with Crippen molar-refractivity contribution in [2.45, 2.75) is 51.2 Å². The van der Waals surface area contributed by atoms with Gasteiger partial charge in [-0.05, 0) is 49.4 Å². The molecular weight excluding hydrogens is 359 g/mol. The van der Waals surface area contributed by atoms with Gasteiger partial charge in [-0.15, -0.1) is 0 Å². The minimum atomic E-state index is -0.324. The average Bonchev–Trinajstić information content (AvgIpc) is 3.42. The monoisotopic (exact) mass is 384 g/mol. The smallest absolute Gasteiger partial charge is 0.225 e. The number of aromatic nitrogens is 2. The molecule has 0 spiro atoms. The number of nitrogens with one attached hydrogen (secondary N) is 1. The topological polar surface area (TPSA) is 67.2 Å². The van der Waals surface area contributed by atoms with E-state index in [-0.39, 0.29) is 35.6 Å². The summed E-state index contributed by atoms with van der Waals surface area (Å²) in [5, 5.41) is 7.24. The lowest BCUT2D eigenvalue weighted by Crippen LogP contribution is -2.49. The van der Waals surface area contributed by atoms with Crippen LogP contribution in [0.4, 0.5) is 4.39 Å². The Morgan fingerprint density at radius 2 is 2.07 bits per heavy atom. The van der Waals surface area contributed by atoms with E-state index in [0.29, 0.717) is 24.9 Å². The van der Waals surface area contributed by atoms with Crippen molar-refractivity contribution in [3.05, 3.63) is 53.1 Å². The molecular formula is C21H25FN4O2. The van der Waals surface area contributed by atoms with Gasteiger partial charge in [0.1, 0.15) is 5.82 Å². The highest BCUT2D eigenvalue weighted by Crippen LogP contribution is 2.43. The Morgan fingerprint density at radius 3 is 2.71 bits per heavy atom. The molecule has 2 unspecified atom stereocenters. The first kappa shape index (κ1) is 18.7. The van der Waals surface area contributed by atoms with E-state index in [1.807, 2.05) is 18.0 Å². The molecule has 2 aliphatic rings. The molecule has 6 nitrogen and oxygen atoms in total. The van der Waals surface area contributed by atoms with Crippen LogP contribution in [0.5, 0.6) is 0 Å². The van der Waals surface area contributed by atoms with Gasteiger partial charge in [0, 0.05) is 32.3 Å². The van der Waals surface area contributed by atoms with Crippen LogP contribution in [0.25, 0.3) is 0 Å². The third-order valence-corrected chi connectivity index (χ3v) is 5.77. The van der Waals surface area contributed by atoms with E-state index < -0.39 is 0 Å². The lowest BCUT2D eigenvalue weighted by molar-refractivity contribution is -0.144. The molecule has 2 amide bonds. The van der Waals surface area contributed by atoms with E-state index in [0.717, 1.165) is 24.1 Å². The number of nitrogens with zero attached hydrogens (tertiary/aromatic N) is 3. The fourth-order valence-corrected chi connectivity index (χ4v) is 4.13. The van der Waals surface area contributed by atoms with Gasteiger partial charge in [-0.25, -0.2) is 4.39 Å². The molecule has 1 N–H and O–H groups in total. The predicted octanol–water partition coefficient (Wildman–Crippen LogP) is 2.63. The zero-order valence-corrected chi connectivity index (χ0v) is 16.2. The molecule has 1 aliphatic heterocycles. The molecule has 2 fully saturated rings. The summed E-state index contributed by atoms with van der Waals surface area (Å²) in [6, 6.07) is 6.67. The summed E-state index contributed by atoms with van der Waals surface area (Å²) in [4.78, 5) is 27.6. The summed E-state index contributed by atoms with van der Waals surface area (Å²) in [6.07, 6.45) is 4.59. The lowest BCUT2D eigenvalue weighted by Gasteiger charge is -2.40. The molecule has 1 saturated heterocycles. The van der Waals surface area contributed by atoms with Crippen LogP contribution < -0.4 is 5.32 Å². The van der Waals surface area contributed by atoms with Crippen molar-refractivity contribution in [2.24, 2.45) is 13.0 Å². The second kappa shape index (κ2) is 7.37. The first-order valence-corrected chi connectivity index (χ1v) is 9.77. The Labute approximate surface area is 163 Å². The van der Waals surface area contributed by atoms with E-state index in [4.69, 9.17) is 0 Å². The van der Waals surface area contributed by atoms with Crippen LogP contribution in [-0.2, 0) is 23.2 Å². The van der Waals surface area contributed by atoms with Crippen LogP contribution in [0.15, 0.2) is 30.5 Å². The van der Waals surface area contributed by atoms with Gasteiger partial charge in [-0.3, -0.25) is 14.3 Å². The Bertz CT molecular complexity index is 906. The van der Waals surface area contributed by atoms with Crippen LogP contribution in [0.1, 0.15) is 48.5 Å². The predicted molar refractivity (Wildman–Crippen MR) is 102 cm³/mol. The highest BCUT2D eigenvalue weighted by molar-refractivity contribution is 5.85. The van der Waals surface area contributed by atoms with Gasteiger partial charge in [0.15, 0.2) is 0 Å². The number of likely N-dealkylation sites (tertiary alicyclic amines) is 1. The summed E-state index contributed by atoms with van der Waals surface area (Å²) in [6.45, 7) is 2.05. The second-order valence-electron chi connectivity index (χ2n) is 7.80. The Hall–Kier alpha value is -2.70. The van der Waals surface area contributed by atoms with E-state index in [9.17, 15) is 14.0 Å². The van der Waals surface area contributed by atoms with Crippen LogP contribution in [0.3, 0.4) is 0 Å². The fraction of sp³-hybridized carbons (Fsp3) is 0.476. The number of hydrogen-bond acceptors (Lipinski definition) is 3. The number of amides is 2. The molecule has 1 saturated carbocycles. The maximum absolute atomic E-state index is 13.5. The second-order valence-corrected chi connectivity index (χ2v) is 7.80. The van der Waals surface area contributed by atoms with E-state index in [1.165, 1.54) is 6.07 Å². The van der Waals surface area contributed by atoms with Crippen molar-refractivity contribution < 1.29 is 14.0 Å². The fourth-order valence-electron chi connectivity index (χ4n) is 4.13. The number of piperidine rings is 1. The lowest BCUT2D eigenvalue weighted by atomic mass is 9.85. The van der Waals surface area contributed by atoms with Gasteiger partial charge >= 0.3 is 0 Å². The SMILES string of the molecule is Cc1cc(CNC(=O)C2CCC(=O)N(C3CC3)C2c2ccnn2C)ccc1F. The van der Waals surface area contributed by atoms with Crippen molar-refractivity contribution in [2.75, 3.05) is 0 Å². The van der Waals surface area contributed by atoms with Gasteiger partial charge in [0.2, 0.25) is 11.8 Å². The highest BCUT2D eigenvalue weighted by Gasteiger charge is 2.47. The largest absolute Gasteiger partial charge is 0.352 e. The van der Waals surface area contributed by atoms with Gasteiger partial charge < -0.3 is 10.2 Å². The number of carbonyl (C=O) groups is 2.